The first kappa shape index (κ1) is 11.4. The Hall–Kier alpha value is -1.11. The molecule has 0 aromatic carbocycles. The molecule has 0 unspecified atom stereocenters. The molecule has 3 N–H and O–H groups in total. The van der Waals surface area contributed by atoms with Crippen LogP contribution in [0, 0.1) is 0 Å². The van der Waals surface area contributed by atoms with Gasteiger partial charge in [0.25, 0.3) is 0 Å². The Labute approximate surface area is 98.7 Å². The molecule has 2 rings (SSSR count). The van der Waals surface area contributed by atoms with Crippen LogP contribution >= 0.6 is 11.6 Å². The Morgan fingerprint density at radius 3 is 3.12 bits per heavy atom. The number of nitrogens with one attached hydrogen (secondary N) is 1. The summed E-state index contributed by atoms with van der Waals surface area (Å²) in [6, 6.07) is 0. The van der Waals surface area contributed by atoms with Crippen molar-refractivity contribution in [3.8, 4) is 0 Å². The minimum atomic E-state index is 0.365. The summed E-state index contributed by atoms with van der Waals surface area (Å²) >= 11 is 6.06. The second-order valence-electron chi connectivity index (χ2n) is 3.46. The minimum Gasteiger partial charge on any atom is -0.380 e. The van der Waals surface area contributed by atoms with Gasteiger partial charge in [-0.2, -0.15) is 4.98 Å². The van der Waals surface area contributed by atoms with Crippen LogP contribution in [0.15, 0.2) is 6.20 Å². The molecule has 0 atom stereocenters. The summed E-state index contributed by atoms with van der Waals surface area (Å²) in [5.41, 5.74) is 2.41. The second kappa shape index (κ2) is 5.29. The number of hydrogen-bond acceptors (Lipinski definition) is 6. The van der Waals surface area contributed by atoms with E-state index in [1.54, 1.807) is 6.20 Å². The van der Waals surface area contributed by atoms with Gasteiger partial charge in [0.1, 0.15) is 5.02 Å². The molecule has 88 valence electrons. The van der Waals surface area contributed by atoms with Gasteiger partial charge in [0, 0.05) is 19.7 Å². The molecule has 7 heteroatoms. The quantitative estimate of drug-likeness (QED) is 0.587. The average Bonchev–Trinajstić information content (AvgIpc) is 2.58. The largest absolute Gasteiger partial charge is 0.380 e. The lowest BCUT2D eigenvalue weighted by Gasteiger charge is -2.21. The average molecular weight is 244 g/mol. The van der Waals surface area contributed by atoms with Crippen LogP contribution in [0.4, 0.5) is 11.8 Å². The summed E-state index contributed by atoms with van der Waals surface area (Å²) in [5.74, 6) is 6.34. The van der Waals surface area contributed by atoms with Gasteiger partial charge in [0.05, 0.1) is 12.8 Å². The van der Waals surface area contributed by atoms with Crippen LogP contribution in [-0.2, 0) is 4.74 Å². The number of halogens is 1. The number of aromatic nitrogens is 2. The third kappa shape index (κ3) is 2.52. The van der Waals surface area contributed by atoms with E-state index in [4.69, 9.17) is 22.2 Å². The van der Waals surface area contributed by atoms with Gasteiger partial charge in [-0.1, -0.05) is 11.6 Å². The molecule has 0 radical (unpaired) electrons. The fourth-order valence-electron chi connectivity index (χ4n) is 1.61. The smallest absolute Gasteiger partial charge is 0.239 e. The standard InChI is InChI=1S/C9H14ClN5O/c10-7-6-12-9(14-11)13-8(7)15-2-1-4-16-5-3-15/h6H,1-5,11H2,(H,12,13,14). The molecule has 2 heterocycles. The maximum atomic E-state index is 6.06. The molecule has 1 saturated heterocycles. The van der Waals surface area contributed by atoms with E-state index >= 15 is 0 Å². The van der Waals surface area contributed by atoms with Crippen molar-refractivity contribution >= 4 is 23.4 Å². The molecule has 1 aliphatic rings. The van der Waals surface area contributed by atoms with Crippen LogP contribution in [-0.4, -0.2) is 36.3 Å². The summed E-state index contributed by atoms with van der Waals surface area (Å²) < 4.78 is 5.37. The Bertz CT molecular complexity index is 354. The van der Waals surface area contributed by atoms with Crippen LogP contribution in [0.5, 0.6) is 0 Å². The Balaban J connectivity index is 2.22. The second-order valence-corrected chi connectivity index (χ2v) is 3.87. The Morgan fingerprint density at radius 2 is 2.31 bits per heavy atom. The van der Waals surface area contributed by atoms with E-state index in [2.05, 4.69) is 20.3 Å². The maximum Gasteiger partial charge on any atom is 0.239 e. The number of nitrogens with zero attached hydrogens (tertiary/aromatic N) is 3. The van der Waals surface area contributed by atoms with Crippen molar-refractivity contribution in [1.82, 2.24) is 9.97 Å². The van der Waals surface area contributed by atoms with Gasteiger partial charge in [-0.3, -0.25) is 5.43 Å². The molecule has 1 aromatic heterocycles. The van der Waals surface area contributed by atoms with E-state index in [0.717, 1.165) is 26.1 Å². The summed E-state index contributed by atoms with van der Waals surface area (Å²) in [6.45, 7) is 3.12. The van der Waals surface area contributed by atoms with Gasteiger partial charge in [-0.15, -0.1) is 0 Å². The molecule has 0 aliphatic carbocycles. The zero-order chi connectivity index (χ0) is 11.4. The summed E-state index contributed by atoms with van der Waals surface area (Å²) in [6.07, 6.45) is 2.51. The van der Waals surface area contributed by atoms with Gasteiger partial charge in [-0.05, 0) is 6.42 Å². The number of hydrogen-bond donors (Lipinski definition) is 2. The highest BCUT2D eigenvalue weighted by Gasteiger charge is 2.15. The normalized spacial score (nSPS) is 17.0. The third-order valence-electron chi connectivity index (χ3n) is 2.38. The fourth-order valence-corrected chi connectivity index (χ4v) is 1.82. The first-order chi connectivity index (χ1) is 7.81. The Kier molecular flexibility index (Phi) is 3.76. The minimum absolute atomic E-state index is 0.365. The zero-order valence-corrected chi connectivity index (χ0v) is 9.57. The van der Waals surface area contributed by atoms with Crippen molar-refractivity contribution in [2.45, 2.75) is 6.42 Å². The summed E-state index contributed by atoms with van der Waals surface area (Å²) in [5, 5.41) is 0.529. The van der Waals surface area contributed by atoms with Crippen molar-refractivity contribution in [2.75, 3.05) is 36.6 Å². The highest BCUT2D eigenvalue weighted by molar-refractivity contribution is 6.32. The summed E-state index contributed by atoms with van der Waals surface area (Å²) in [7, 11) is 0. The van der Waals surface area contributed by atoms with Crippen LogP contribution < -0.4 is 16.2 Å². The topological polar surface area (TPSA) is 76.3 Å². The maximum absolute atomic E-state index is 6.06. The summed E-state index contributed by atoms with van der Waals surface area (Å²) in [4.78, 5) is 10.3. The van der Waals surface area contributed by atoms with Crippen LogP contribution in [0.25, 0.3) is 0 Å². The van der Waals surface area contributed by atoms with Crippen LogP contribution in [0.2, 0.25) is 5.02 Å². The van der Waals surface area contributed by atoms with Gasteiger partial charge in [0.2, 0.25) is 5.95 Å². The monoisotopic (exact) mass is 243 g/mol. The van der Waals surface area contributed by atoms with E-state index in [1.165, 1.54) is 0 Å². The lowest BCUT2D eigenvalue weighted by Crippen LogP contribution is -2.27. The molecule has 1 fully saturated rings. The van der Waals surface area contributed by atoms with E-state index in [0.29, 0.717) is 23.4 Å². The number of nitrogens with two attached hydrogens (primary N) is 1. The Morgan fingerprint density at radius 1 is 1.44 bits per heavy atom. The molecule has 0 spiro atoms. The molecule has 1 aromatic rings. The van der Waals surface area contributed by atoms with Crippen LogP contribution in [0.1, 0.15) is 6.42 Å². The van der Waals surface area contributed by atoms with Crippen LogP contribution in [0.3, 0.4) is 0 Å². The number of ether oxygens (including phenoxy) is 1. The first-order valence-corrected chi connectivity index (χ1v) is 5.51. The van der Waals surface area contributed by atoms with E-state index in [1.807, 2.05) is 0 Å². The predicted molar refractivity (Wildman–Crippen MR) is 62.5 cm³/mol. The lowest BCUT2D eigenvalue weighted by atomic mass is 10.4. The van der Waals surface area contributed by atoms with Gasteiger partial charge in [-0.25, -0.2) is 10.8 Å². The van der Waals surface area contributed by atoms with E-state index in [9.17, 15) is 0 Å². The van der Waals surface area contributed by atoms with Gasteiger partial charge in [0.15, 0.2) is 5.82 Å². The number of anilines is 2. The van der Waals surface area contributed by atoms with Crippen molar-refractivity contribution < 1.29 is 4.74 Å². The van der Waals surface area contributed by atoms with Crippen molar-refractivity contribution in [2.24, 2.45) is 5.84 Å². The number of rotatable bonds is 2. The predicted octanol–water partition coefficient (Wildman–Crippen LogP) is 0.642. The van der Waals surface area contributed by atoms with Crippen molar-refractivity contribution in [1.29, 1.82) is 0 Å². The third-order valence-corrected chi connectivity index (χ3v) is 2.64. The fraction of sp³-hybridized carbons (Fsp3) is 0.556. The van der Waals surface area contributed by atoms with Crippen molar-refractivity contribution in [3.63, 3.8) is 0 Å². The van der Waals surface area contributed by atoms with E-state index in [-0.39, 0.29) is 0 Å². The molecular weight excluding hydrogens is 230 g/mol. The molecule has 16 heavy (non-hydrogen) atoms. The highest BCUT2D eigenvalue weighted by atomic mass is 35.5. The van der Waals surface area contributed by atoms with Crippen molar-refractivity contribution in [3.05, 3.63) is 11.2 Å². The van der Waals surface area contributed by atoms with Gasteiger partial charge < -0.3 is 9.64 Å². The zero-order valence-electron chi connectivity index (χ0n) is 8.82. The first-order valence-electron chi connectivity index (χ1n) is 5.13. The van der Waals surface area contributed by atoms with Gasteiger partial charge >= 0.3 is 0 Å². The SMILES string of the molecule is NNc1ncc(Cl)c(N2CCCOCC2)n1. The number of nitrogen functional groups attached to an aromatic ring is 1. The van der Waals surface area contributed by atoms with E-state index < -0.39 is 0 Å². The molecule has 0 bridgehead atoms. The number of hydrazine groups is 1. The molecule has 0 saturated carbocycles. The molecule has 6 nitrogen and oxygen atoms in total. The molecule has 0 amide bonds. The molecule has 1 aliphatic heterocycles. The lowest BCUT2D eigenvalue weighted by molar-refractivity contribution is 0.152. The highest BCUT2D eigenvalue weighted by Crippen LogP contribution is 2.24. The molecular formula is C9H14ClN5O.